The van der Waals surface area contributed by atoms with Gasteiger partial charge in [0.25, 0.3) is 0 Å². The lowest BCUT2D eigenvalue weighted by molar-refractivity contribution is -0.187. The third-order valence-corrected chi connectivity index (χ3v) is 5.36. The van der Waals surface area contributed by atoms with Gasteiger partial charge in [-0.05, 0) is 50.1 Å². The molecule has 1 heterocycles. The molecule has 3 unspecified atom stereocenters. The van der Waals surface area contributed by atoms with E-state index in [1.54, 1.807) is 0 Å². The van der Waals surface area contributed by atoms with E-state index in [2.05, 4.69) is 31.0 Å². The molecule has 1 aliphatic heterocycles. The third kappa shape index (κ3) is 4.13. The van der Waals surface area contributed by atoms with Crippen molar-refractivity contribution in [3.8, 4) is 0 Å². The van der Waals surface area contributed by atoms with Crippen LogP contribution in [0.1, 0.15) is 46.5 Å². The fraction of sp³-hybridized carbons (Fsp3) is 1.00. The van der Waals surface area contributed by atoms with Crippen LogP contribution in [0.5, 0.6) is 0 Å². The highest BCUT2D eigenvalue weighted by Crippen LogP contribution is 2.42. The SMILES string of the molecule is CCNC1C(CN2CCCC(C(F)(F)F)C2)CCC1(C)C. The van der Waals surface area contributed by atoms with E-state index in [9.17, 15) is 13.2 Å². The number of alkyl halides is 3. The van der Waals surface area contributed by atoms with E-state index < -0.39 is 12.1 Å². The van der Waals surface area contributed by atoms with Crippen LogP contribution in [-0.4, -0.2) is 43.3 Å². The predicted molar refractivity (Wildman–Crippen MR) is 79.2 cm³/mol. The van der Waals surface area contributed by atoms with Crippen LogP contribution in [0.4, 0.5) is 13.2 Å². The molecule has 1 saturated carbocycles. The van der Waals surface area contributed by atoms with Gasteiger partial charge < -0.3 is 10.2 Å². The van der Waals surface area contributed by atoms with Crippen LogP contribution < -0.4 is 5.32 Å². The monoisotopic (exact) mass is 306 g/mol. The molecule has 2 nitrogen and oxygen atoms in total. The van der Waals surface area contributed by atoms with E-state index in [4.69, 9.17) is 0 Å². The van der Waals surface area contributed by atoms with Gasteiger partial charge in [-0.1, -0.05) is 20.8 Å². The lowest BCUT2D eigenvalue weighted by Crippen LogP contribution is -2.48. The zero-order chi connectivity index (χ0) is 15.7. The molecule has 0 radical (unpaired) electrons. The first-order valence-electron chi connectivity index (χ1n) is 8.26. The van der Waals surface area contributed by atoms with Gasteiger partial charge in [0.1, 0.15) is 0 Å². The molecule has 1 aliphatic carbocycles. The van der Waals surface area contributed by atoms with Crippen LogP contribution in [0.3, 0.4) is 0 Å². The van der Waals surface area contributed by atoms with Gasteiger partial charge >= 0.3 is 6.18 Å². The van der Waals surface area contributed by atoms with Crippen LogP contribution in [0.15, 0.2) is 0 Å². The molecular formula is C16H29F3N2. The normalized spacial score (nSPS) is 34.3. The summed E-state index contributed by atoms with van der Waals surface area (Å²) in [7, 11) is 0. The van der Waals surface area contributed by atoms with Crippen molar-refractivity contribution < 1.29 is 13.2 Å². The van der Waals surface area contributed by atoms with E-state index in [-0.39, 0.29) is 12.0 Å². The lowest BCUT2D eigenvalue weighted by atomic mass is 9.84. The van der Waals surface area contributed by atoms with E-state index in [0.29, 0.717) is 24.8 Å². The minimum Gasteiger partial charge on any atom is -0.313 e. The van der Waals surface area contributed by atoms with Gasteiger partial charge in [0, 0.05) is 19.1 Å². The molecule has 0 spiro atoms. The Bertz CT molecular complexity index is 341. The molecule has 1 saturated heterocycles. The molecule has 21 heavy (non-hydrogen) atoms. The predicted octanol–water partition coefficient (Wildman–Crippen LogP) is 3.68. The summed E-state index contributed by atoms with van der Waals surface area (Å²) in [5, 5.41) is 3.57. The second-order valence-corrected chi connectivity index (χ2v) is 7.46. The number of halogens is 3. The van der Waals surface area contributed by atoms with Crippen LogP contribution in [0.25, 0.3) is 0 Å². The summed E-state index contributed by atoms with van der Waals surface area (Å²) in [5.74, 6) is -0.648. The van der Waals surface area contributed by atoms with Gasteiger partial charge in [-0.2, -0.15) is 13.2 Å². The summed E-state index contributed by atoms with van der Waals surface area (Å²) in [6, 6.07) is 0.425. The molecule has 2 aliphatic rings. The topological polar surface area (TPSA) is 15.3 Å². The Labute approximate surface area is 126 Å². The maximum atomic E-state index is 12.9. The Hall–Kier alpha value is -0.290. The number of nitrogens with zero attached hydrogens (tertiary/aromatic N) is 1. The summed E-state index contributed by atoms with van der Waals surface area (Å²) in [5.41, 5.74) is 0.250. The second kappa shape index (κ2) is 6.45. The second-order valence-electron chi connectivity index (χ2n) is 7.46. The Morgan fingerprint density at radius 2 is 1.95 bits per heavy atom. The molecule has 124 valence electrons. The summed E-state index contributed by atoms with van der Waals surface area (Å²) in [6.45, 7) is 9.40. The van der Waals surface area contributed by atoms with E-state index >= 15 is 0 Å². The highest BCUT2D eigenvalue weighted by atomic mass is 19.4. The Morgan fingerprint density at radius 3 is 2.57 bits per heavy atom. The van der Waals surface area contributed by atoms with Crippen molar-refractivity contribution in [3.63, 3.8) is 0 Å². The van der Waals surface area contributed by atoms with E-state index in [1.165, 1.54) is 0 Å². The number of piperidine rings is 1. The smallest absolute Gasteiger partial charge is 0.313 e. The van der Waals surface area contributed by atoms with Crippen molar-refractivity contribution >= 4 is 0 Å². The minimum atomic E-state index is -4.03. The zero-order valence-electron chi connectivity index (χ0n) is 13.5. The summed E-state index contributed by atoms with van der Waals surface area (Å²) in [6.07, 6.45) is -0.780. The highest BCUT2D eigenvalue weighted by molar-refractivity contribution is 4.97. The average Bonchev–Trinajstić information content (AvgIpc) is 2.66. The summed E-state index contributed by atoms with van der Waals surface area (Å²) >= 11 is 0. The molecule has 2 rings (SSSR count). The fourth-order valence-electron chi connectivity index (χ4n) is 4.20. The van der Waals surface area contributed by atoms with Gasteiger partial charge in [0.05, 0.1) is 5.92 Å². The summed E-state index contributed by atoms with van der Waals surface area (Å²) < 4.78 is 38.7. The molecule has 0 aromatic rings. The fourth-order valence-corrected chi connectivity index (χ4v) is 4.20. The number of nitrogens with one attached hydrogen (secondary N) is 1. The highest BCUT2D eigenvalue weighted by Gasteiger charge is 2.45. The molecule has 0 aromatic heterocycles. The Kier molecular flexibility index (Phi) is 5.24. The molecule has 3 atom stereocenters. The quantitative estimate of drug-likeness (QED) is 0.852. The van der Waals surface area contributed by atoms with Crippen molar-refractivity contribution in [2.75, 3.05) is 26.2 Å². The number of likely N-dealkylation sites (tertiary alicyclic amines) is 1. The van der Waals surface area contributed by atoms with Crippen LogP contribution in [-0.2, 0) is 0 Å². The van der Waals surface area contributed by atoms with Crippen LogP contribution in [0, 0.1) is 17.3 Å². The molecule has 0 aromatic carbocycles. The molecular weight excluding hydrogens is 277 g/mol. The molecule has 0 bridgehead atoms. The van der Waals surface area contributed by atoms with Gasteiger partial charge in [-0.15, -0.1) is 0 Å². The van der Waals surface area contributed by atoms with Gasteiger partial charge in [0.2, 0.25) is 0 Å². The maximum Gasteiger partial charge on any atom is 0.393 e. The molecule has 0 amide bonds. The van der Waals surface area contributed by atoms with Crippen molar-refractivity contribution in [3.05, 3.63) is 0 Å². The van der Waals surface area contributed by atoms with E-state index in [0.717, 1.165) is 32.5 Å². The standard InChI is InChI=1S/C16H29F3N2/c1-4-20-14-12(7-8-15(14,2)3)10-21-9-5-6-13(11-21)16(17,18)19/h12-14,20H,4-11H2,1-3H3. The van der Waals surface area contributed by atoms with Gasteiger partial charge in [-0.25, -0.2) is 0 Å². The first kappa shape index (κ1) is 17.1. The first-order chi connectivity index (χ1) is 9.74. The summed E-state index contributed by atoms with van der Waals surface area (Å²) in [4.78, 5) is 2.05. The number of rotatable bonds is 4. The zero-order valence-corrected chi connectivity index (χ0v) is 13.5. The Balaban J connectivity index is 1.94. The van der Waals surface area contributed by atoms with Gasteiger partial charge in [-0.3, -0.25) is 0 Å². The van der Waals surface area contributed by atoms with Crippen LogP contribution >= 0.6 is 0 Å². The lowest BCUT2D eigenvalue weighted by Gasteiger charge is -2.38. The van der Waals surface area contributed by atoms with Gasteiger partial charge in [0.15, 0.2) is 0 Å². The average molecular weight is 306 g/mol. The number of hydrogen-bond donors (Lipinski definition) is 1. The first-order valence-corrected chi connectivity index (χ1v) is 8.26. The van der Waals surface area contributed by atoms with Crippen molar-refractivity contribution in [2.24, 2.45) is 17.3 Å². The molecule has 2 fully saturated rings. The van der Waals surface area contributed by atoms with Crippen molar-refractivity contribution in [1.29, 1.82) is 0 Å². The largest absolute Gasteiger partial charge is 0.393 e. The third-order valence-electron chi connectivity index (χ3n) is 5.36. The van der Waals surface area contributed by atoms with E-state index in [1.807, 2.05) is 0 Å². The number of hydrogen-bond acceptors (Lipinski definition) is 2. The molecule has 1 N–H and O–H groups in total. The molecule has 5 heteroatoms. The Morgan fingerprint density at radius 1 is 1.24 bits per heavy atom. The maximum absolute atomic E-state index is 12.9. The van der Waals surface area contributed by atoms with Crippen molar-refractivity contribution in [1.82, 2.24) is 10.2 Å². The van der Waals surface area contributed by atoms with Crippen molar-refractivity contribution in [2.45, 2.75) is 58.7 Å². The minimum absolute atomic E-state index is 0.194. The van der Waals surface area contributed by atoms with Crippen LogP contribution in [0.2, 0.25) is 0 Å².